The van der Waals surface area contributed by atoms with Crippen molar-refractivity contribution in [3.05, 3.63) is 0 Å². The first-order valence-electron chi connectivity index (χ1n) is 4.97. The molecule has 0 heterocycles. The van der Waals surface area contributed by atoms with Gasteiger partial charge in [0.15, 0.2) is 5.96 Å². The van der Waals surface area contributed by atoms with Crippen molar-refractivity contribution in [2.45, 2.75) is 38.8 Å². The third-order valence-electron chi connectivity index (χ3n) is 1.78. The summed E-state index contributed by atoms with van der Waals surface area (Å²) in [5, 5.41) is 2.99. The van der Waals surface area contributed by atoms with Crippen molar-refractivity contribution in [1.82, 2.24) is 5.32 Å². The predicted molar refractivity (Wildman–Crippen MR) is 66.0 cm³/mol. The zero-order chi connectivity index (χ0) is 11.8. The maximum absolute atomic E-state index is 11.1. The zero-order valence-electron chi connectivity index (χ0n) is 9.23. The lowest BCUT2D eigenvalue weighted by Crippen LogP contribution is -2.39. The molecule has 15 heavy (non-hydrogen) atoms. The Kier molecular flexibility index (Phi) is 7.15. The molecule has 0 aliphatic carbocycles. The molecule has 0 radical (unpaired) electrons. The second-order valence-electron chi connectivity index (χ2n) is 3.66. The highest BCUT2D eigenvalue weighted by molar-refractivity contribution is 7.96. The molecule has 0 aliphatic rings. The molecule has 6 heteroatoms. The number of carbonyl (C=O) groups excluding carboxylic acids is 1. The Morgan fingerprint density at radius 2 is 2.07 bits per heavy atom. The molecule has 0 aliphatic heterocycles. The summed E-state index contributed by atoms with van der Waals surface area (Å²) >= 11 is 3.82. The van der Waals surface area contributed by atoms with E-state index in [1.54, 1.807) is 0 Å². The number of aliphatic imine (C=N–C) groups is 1. The molecule has 0 aromatic carbocycles. The predicted octanol–water partition coefficient (Wildman–Crippen LogP) is -0.137. The van der Waals surface area contributed by atoms with Gasteiger partial charge in [-0.1, -0.05) is 13.8 Å². The molecular formula is C9H20N4OS. The Labute approximate surface area is 96.1 Å². The lowest BCUT2D eigenvalue weighted by molar-refractivity contribution is -0.112. The number of nitrogens with two attached hydrogens (primary N) is 2. The summed E-state index contributed by atoms with van der Waals surface area (Å²) in [6.45, 7) is 4.51. The van der Waals surface area contributed by atoms with Crippen LogP contribution in [0.15, 0.2) is 4.99 Å². The van der Waals surface area contributed by atoms with Gasteiger partial charge in [0.25, 0.3) is 0 Å². The van der Waals surface area contributed by atoms with Crippen LogP contribution < -0.4 is 16.8 Å². The summed E-state index contributed by atoms with van der Waals surface area (Å²) < 4.78 is 0. The highest BCUT2D eigenvalue weighted by Gasteiger charge is 2.14. The molecule has 0 saturated heterocycles. The zero-order valence-corrected chi connectivity index (χ0v) is 10.1. The van der Waals surface area contributed by atoms with E-state index >= 15 is 0 Å². The molecule has 0 spiro atoms. The Morgan fingerprint density at radius 1 is 1.47 bits per heavy atom. The summed E-state index contributed by atoms with van der Waals surface area (Å²) in [6.07, 6.45) is 1.45. The van der Waals surface area contributed by atoms with E-state index in [1.165, 1.54) is 0 Å². The van der Waals surface area contributed by atoms with E-state index < -0.39 is 0 Å². The van der Waals surface area contributed by atoms with Crippen LogP contribution in [0.4, 0.5) is 0 Å². The van der Waals surface area contributed by atoms with Gasteiger partial charge < -0.3 is 16.8 Å². The quantitative estimate of drug-likeness (QED) is 0.213. The molecule has 88 valence electrons. The van der Waals surface area contributed by atoms with Crippen molar-refractivity contribution in [3.8, 4) is 0 Å². The van der Waals surface area contributed by atoms with Gasteiger partial charge in [0.2, 0.25) is 5.12 Å². The molecule has 0 fully saturated rings. The third-order valence-corrected chi connectivity index (χ3v) is 2.09. The van der Waals surface area contributed by atoms with E-state index in [0.717, 1.165) is 6.42 Å². The van der Waals surface area contributed by atoms with Crippen LogP contribution in [-0.2, 0) is 4.79 Å². The minimum Gasteiger partial charge on any atom is -0.370 e. The molecule has 0 saturated carbocycles. The molecule has 0 bridgehead atoms. The van der Waals surface area contributed by atoms with Crippen molar-refractivity contribution in [2.75, 3.05) is 6.54 Å². The van der Waals surface area contributed by atoms with Gasteiger partial charge >= 0.3 is 0 Å². The maximum atomic E-state index is 11.1. The number of nitrogens with zero attached hydrogens (tertiary/aromatic N) is 1. The average molecular weight is 232 g/mol. The van der Waals surface area contributed by atoms with Crippen LogP contribution in [0, 0.1) is 0 Å². The number of hydrogen-bond acceptors (Lipinski definition) is 3. The number of rotatable bonds is 7. The van der Waals surface area contributed by atoms with Crippen LogP contribution in [0.1, 0.15) is 26.7 Å². The molecule has 0 aromatic rings. The van der Waals surface area contributed by atoms with Gasteiger partial charge in [0.1, 0.15) is 0 Å². The average Bonchev–Trinajstić information content (AvgIpc) is 2.08. The number of hydrogen-bond donors (Lipinski definition) is 4. The van der Waals surface area contributed by atoms with E-state index in [4.69, 9.17) is 11.5 Å². The number of carbonyl (C=O) groups is 1. The number of nitrogens with one attached hydrogen (secondary N) is 1. The van der Waals surface area contributed by atoms with Gasteiger partial charge in [-0.05, 0) is 12.8 Å². The topological polar surface area (TPSA) is 93.5 Å². The fourth-order valence-electron chi connectivity index (χ4n) is 1.18. The fraction of sp³-hybridized carbons (Fsp3) is 0.778. The largest absolute Gasteiger partial charge is 0.370 e. The molecule has 5 N–H and O–H groups in total. The van der Waals surface area contributed by atoms with E-state index in [9.17, 15) is 4.79 Å². The van der Waals surface area contributed by atoms with Crippen molar-refractivity contribution in [2.24, 2.45) is 16.5 Å². The molecule has 5 nitrogen and oxygen atoms in total. The Hall–Kier alpha value is -0.750. The van der Waals surface area contributed by atoms with E-state index in [2.05, 4.69) is 22.9 Å². The number of guanidine groups is 1. The Bertz CT molecular complexity index is 226. The summed E-state index contributed by atoms with van der Waals surface area (Å²) in [5.74, 6) is 0.0839. The second-order valence-corrected chi connectivity index (χ2v) is 4.10. The Balaban J connectivity index is 3.87. The molecule has 1 atom stereocenters. The molecule has 0 aromatic heterocycles. The Morgan fingerprint density at radius 3 is 2.47 bits per heavy atom. The minimum atomic E-state index is -0.220. The van der Waals surface area contributed by atoms with Gasteiger partial charge in [0.05, 0.1) is 6.04 Å². The van der Waals surface area contributed by atoms with Crippen LogP contribution in [0.2, 0.25) is 0 Å². The maximum Gasteiger partial charge on any atom is 0.202 e. The first-order valence-corrected chi connectivity index (χ1v) is 5.42. The van der Waals surface area contributed by atoms with Crippen LogP contribution in [0.5, 0.6) is 0 Å². The normalized spacial score (nSPS) is 12.5. The molecule has 0 amide bonds. The highest BCUT2D eigenvalue weighted by Crippen LogP contribution is 2.03. The van der Waals surface area contributed by atoms with Crippen LogP contribution in [0.25, 0.3) is 0 Å². The molecule has 0 unspecified atom stereocenters. The number of thiol groups is 1. The summed E-state index contributed by atoms with van der Waals surface area (Å²) in [4.78, 5) is 15.0. The summed E-state index contributed by atoms with van der Waals surface area (Å²) in [5.41, 5.74) is 10.4. The van der Waals surface area contributed by atoms with Gasteiger partial charge in [-0.25, -0.2) is 0 Å². The standard InChI is InChI=1S/C9H20N4OS/c1-6(2)13-7(8(14)15)4-3-5-12-9(10)11/h6-7,13H,3-5H2,1-2H3,(H,14,15)(H4,10,11,12)/t7-/m0/s1. The van der Waals surface area contributed by atoms with Crippen molar-refractivity contribution >= 4 is 23.7 Å². The lowest BCUT2D eigenvalue weighted by Gasteiger charge is -2.17. The van der Waals surface area contributed by atoms with E-state index in [0.29, 0.717) is 13.0 Å². The minimum absolute atomic E-state index is 0.0839. The first kappa shape index (κ1) is 14.2. The van der Waals surface area contributed by atoms with Crippen LogP contribution in [-0.4, -0.2) is 29.7 Å². The summed E-state index contributed by atoms with van der Waals surface area (Å²) in [7, 11) is 0. The smallest absolute Gasteiger partial charge is 0.202 e. The van der Waals surface area contributed by atoms with Gasteiger partial charge in [-0.2, -0.15) is 0 Å². The van der Waals surface area contributed by atoms with Gasteiger partial charge in [0, 0.05) is 12.6 Å². The van der Waals surface area contributed by atoms with Crippen LogP contribution in [0.3, 0.4) is 0 Å². The van der Waals surface area contributed by atoms with Gasteiger partial charge in [-0.3, -0.25) is 9.79 Å². The van der Waals surface area contributed by atoms with Gasteiger partial charge in [-0.15, -0.1) is 12.6 Å². The van der Waals surface area contributed by atoms with E-state index in [1.807, 2.05) is 13.8 Å². The SMILES string of the molecule is CC(C)N[C@@H](CCCN=C(N)N)C(=O)S. The lowest BCUT2D eigenvalue weighted by atomic mass is 10.1. The van der Waals surface area contributed by atoms with Crippen molar-refractivity contribution in [3.63, 3.8) is 0 Å². The van der Waals surface area contributed by atoms with Crippen molar-refractivity contribution < 1.29 is 4.79 Å². The third kappa shape index (κ3) is 8.26. The van der Waals surface area contributed by atoms with Crippen LogP contribution >= 0.6 is 12.6 Å². The highest BCUT2D eigenvalue weighted by atomic mass is 32.1. The molecule has 0 rings (SSSR count). The van der Waals surface area contributed by atoms with Crippen molar-refractivity contribution in [1.29, 1.82) is 0 Å². The molecular weight excluding hydrogens is 212 g/mol. The fourth-order valence-corrected chi connectivity index (χ4v) is 1.39. The monoisotopic (exact) mass is 232 g/mol. The van der Waals surface area contributed by atoms with E-state index in [-0.39, 0.29) is 23.2 Å². The summed E-state index contributed by atoms with van der Waals surface area (Å²) in [6, 6.07) is 0.0386. The first-order chi connectivity index (χ1) is 6.93. The second kappa shape index (κ2) is 7.53.